The van der Waals surface area contributed by atoms with Gasteiger partial charge in [-0.15, -0.1) is 0 Å². The quantitative estimate of drug-likeness (QED) is 0.105. The molecule has 0 aliphatic carbocycles. The van der Waals surface area contributed by atoms with Gasteiger partial charge in [0.15, 0.2) is 16.7 Å². The van der Waals surface area contributed by atoms with Crippen LogP contribution in [0.15, 0.2) is 82.7 Å². The zero-order valence-corrected chi connectivity index (χ0v) is 26.7. The van der Waals surface area contributed by atoms with Gasteiger partial charge in [0, 0.05) is 22.2 Å². The van der Waals surface area contributed by atoms with Crippen molar-refractivity contribution in [1.82, 2.24) is 0 Å². The molecule has 0 bridgehead atoms. The highest BCUT2D eigenvalue weighted by Crippen LogP contribution is 2.41. The van der Waals surface area contributed by atoms with E-state index in [1.807, 2.05) is 38.1 Å². The molecule has 1 heterocycles. The standard InChI is InChI=1S/C32H24Cl3N3O5S/c1-18-4-8-22(15-25(18)33)36-32-37(24-9-5-19(2)26(34)16-24)31(39)29(44-32)14-21-12-27(35)30(28(13-21)42-3)43-17-20-6-10-23(11-7-20)38(40)41/h4-16H,17H2,1-3H3/b29-14+,36-32?. The van der Waals surface area contributed by atoms with Gasteiger partial charge in [0.05, 0.1) is 33.3 Å². The number of halogens is 3. The van der Waals surface area contributed by atoms with Gasteiger partial charge >= 0.3 is 0 Å². The lowest BCUT2D eigenvalue weighted by molar-refractivity contribution is -0.384. The monoisotopic (exact) mass is 667 g/mol. The van der Waals surface area contributed by atoms with E-state index in [9.17, 15) is 14.9 Å². The van der Waals surface area contributed by atoms with Crippen LogP contribution >= 0.6 is 46.6 Å². The third-order valence-electron chi connectivity index (χ3n) is 6.68. The van der Waals surface area contributed by atoms with Crippen molar-refractivity contribution in [1.29, 1.82) is 0 Å². The van der Waals surface area contributed by atoms with Gasteiger partial charge in [-0.3, -0.25) is 19.8 Å². The highest BCUT2D eigenvalue weighted by Gasteiger charge is 2.35. The van der Waals surface area contributed by atoms with E-state index in [1.165, 1.54) is 35.9 Å². The Morgan fingerprint density at radius 2 is 1.61 bits per heavy atom. The summed E-state index contributed by atoms with van der Waals surface area (Å²) >= 11 is 20.6. The van der Waals surface area contributed by atoms with Crippen LogP contribution < -0.4 is 14.4 Å². The minimum atomic E-state index is -0.465. The number of benzene rings is 4. The van der Waals surface area contributed by atoms with Crippen molar-refractivity contribution >= 4 is 80.8 Å². The number of aliphatic imine (C=N–C) groups is 1. The number of hydrogen-bond donors (Lipinski definition) is 0. The minimum Gasteiger partial charge on any atom is -0.493 e. The highest BCUT2D eigenvalue weighted by atomic mass is 35.5. The number of amides is 1. The Morgan fingerprint density at radius 3 is 2.25 bits per heavy atom. The number of non-ortho nitro benzene ring substituents is 1. The van der Waals surface area contributed by atoms with Gasteiger partial charge in [-0.1, -0.05) is 46.9 Å². The summed E-state index contributed by atoms with van der Waals surface area (Å²) in [7, 11) is 1.48. The zero-order chi connectivity index (χ0) is 31.5. The van der Waals surface area contributed by atoms with Crippen LogP contribution in [-0.4, -0.2) is 23.1 Å². The van der Waals surface area contributed by atoms with Crippen molar-refractivity contribution in [3.05, 3.63) is 125 Å². The summed E-state index contributed by atoms with van der Waals surface area (Å²) in [6.07, 6.45) is 1.70. The van der Waals surface area contributed by atoms with Gasteiger partial charge in [0.2, 0.25) is 0 Å². The van der Waals surface area contributed by atoms with E-state index in [2.05, 4.69) is 0 Å². The van der Waals surface area contributed by atoms with Gasteiger partial charge in [0.1, 0.15) is 6.61 Å². The summed E-state index contributed by atoms with van der Waals surface area (Å²) in [4.78, 5) is 30.9. The Kier molecular flexibility index (Phi) is 9.51. The number of nitrogens with zero attached hydrogens (tertiary/aromatic N) is 3. The number of rotatable bonds is 8. The van der Waals surface area contributed by atoms with Crippen molar-refractivity contribution in [2.75, 3.05) is 12.0 Å². The number of methoxy groups -OCH3 is 1. The van der Waals surface area contributed by atoms with Crippen LogP contribution in [0.1, 0.15) is 22.3 Å². The fourth-order valence-corrected chi connectivity index (χ4v) is 5.87. The van der Waals surface area contributed by atoms with Gasteiger partial charge in [0.25, 0.3) is 11.6 Å². The van der Waals surface area contributed by atoms with Gasteiger partial charge < -0.3 is 9.47 Å². The molecule has 224 valence electrons. The summed E-state index contributed by atoms with van der Waals surface area (Å²) in [5.74, 6) is 0.363. The predicted octanol–water partition coefficient (Wildman–Crippen LogP) is 9.57. The lowest BCUT2D eigenvalue weighted by Crippen LogP contribution is -2.28. The van der Waals surface area contributed by atoms with Crippen molar-refractivity contribution in [3.63, 3.8) is 0 Å². The molecule has 1 fully saturated rings. The summed E-state index contributed by atoms with van der Waals surface area (Å²) in [6, 6.07) is 20.2. The van der Waals surface area contributed by atoms with Crippen LogP contribution in [-0.2, 0) is 11.4 Å². The SMILES string of the molecule is COc1cc(/C=C2/SC(=Nc3ccc(C)c(Cl)c3)N(c3ccc(C)c(Cl)c3)C2=O)cc(Cl)c1OCc1ccc([N+](=O)[O-])cc1. The third kappa shape index (κ3) is 6.87. The number of thioether (sulfide) groups is 1. The van der Waals surface area contributed by atoms with Crippen LogP contribution in [0.25, 0.3) is 6.08 Å². The van der Waals surface area contributed by atoms with Crippen LogP contribution in [0.3, 0.4) is 0 Å². The first-order valence-corrected chi connectivity index (χ1v) is 15.1. The third-order valence-corrected chi connectivity index (χ3v) is 8.74. The lowest BCUT2D eigenvalue weighted by atomic mass is 10.1. The van der Waals surface area contributed by atoms with Crippen molar-refractivity contribution < 1.29 is 19.2 Å². The number of ether oxygens (including phenoxy) is 2. The summed E-state index contributed by atoms with van der Waals surface area (Å²) < 4.78 is 11.5. The number of hydrogen-bond acceptors (Lipinski definition) is 7. The fraction of sp³-hybridized carbons (Fsp3) is 0.125. The van der Waals surface area contributed by atoms with E-state index >= 15 is 0 Å². The molecule has 0 radical (unpaired) electrons. The van der Waals surface area contributed by atoms with E-state index in [4.69, 9.17) is 49.3 Å². The van der Waals surface area contributed by atoms with Crippen LogP contribution in [0, 0.1) is 24.0 Å². The minimum absolute atomic E-state index is 0.0130. The Balaban J connectivity index is 1.47. The fourth-order valence-electron chi connectivity index (χ4n) is 4.24. The largest absolute Gasteiger partial charge is 0.493 e. The molecule has 1 aliphatic rings. The topological polar surface area (TPSA) is 94.3 Å². The molecular formula is C32H24Cl3N3O5S. The molecule has 0 atom stereocenters. The molecule has 4 aromatic carbocycles. The second-order valence-corrected chi connectivity index (χ2v) is 12.0. The second kappa shape index (κ2) is 13.3. The maximum Gasteiger partial charge on any atom is 0.271 e. The van der Waals surface area contributed by atoms with E-state index in [1.54, 1.807) is 42.5 Å². The van der Waals surface area contributed by atoms with Gasteiger partial charge in [-0.2, -0.15) is 0 Å². The van der Waals surface area contributed by atoms with Gasteiger partial charge in [-0.25, -0.2) is 4.99 Å². The predicted molar refractivity (Wildman–Crippen MR) is 178 cm³/mol. The van der Waals surface area contributed by atoms with Crippen LogP contribution in [0.4, 0.5) is 17.1 Å². The summed E-state index contributed by atoms with van der Waals surface area (Å²) in [5.41, 5.74) is 4.27. The first-order chi connectivity index (χ1) is 21.0. The van der Waals surface area contributed by atoms with E-state index < -0.39 is 4.92 Å². The first-order valence-electron chi connectivity index (χ1n) is 13.1. The average molecular weight is 669 g/mol. The Morgan fingerprint density at radius 1 is 0.932 bits per heavy atom. The van der Waals surface area contributed by atoms with Crippen LogP contribution in [0.2, 0.25) is 15.1 Å². The highest BCUT2D eigenvalue weighted by molar-refractivity contribution is 8.19. The van der Waals surface area contributed by atoms with E-state index in [-0.39, 0.29) is 23.2 Å². The number of nitro benzene ring substituents is 1. The molecule has 44 heavy (non-hydrogen) atoms. The molecule has 1 saturated heterocycles. The molecule has 0 N–H and O–H groups in total. The lowest BCUT2D eigenvalue weighted by Gasteiger charge is -2.16. The molecule has 1 aliphatic heterocycles. The van der Waals surface area contributed by atoms with Crippen LogP contribution in [0.5, 0.6) is 11.5 Å². The maximum atomic E-state index is 13.8. The molecule has 0 saturated carbocycles. The number of aryl methyl sites for hydroxylation is 2. The van der Waals surface area contributed by atoms with Gasteiger partial charge in [-0.05, 0) is 102 Å². The molecule has 5 rings (SSSR count). The Bertz CT molecular complexity index is 1840. The van der Waals surface area contributed by atoms with E-state index in [0.29, 0.717) is 54.1 Å². The Labute approximate surface area is 273 Å². The molecule has 12 heteroatoms. The molecule has 0 aromatic heterocycles. The number of nitro groups is 1. The molecule has 4 aromatic rings. The van der Waals surface area contributed by atoms with E-state index in [0.717, 1.165) is 11.1 Å². The molecule has 0 spiro atoms. The maximum absolute atomic E-state index is 13.8. The molecular weight excluding hydrogens is 645 g/mol. The number of anilines is 1. The normalized spacial score (nSPS) is 14.9. The molecule has 1 amide bonds. The zero-order valence-electron chi connectivity index (χ0n) is 23.6. The summed E-state index contributed by atoms with van der Waals surface area (Å²) in [5, 5.41) is 12.7. The second-order valence-electron chi connectivity index (χ2n) is 9.76. The van der Waals surface area contributed by atoms with Crippen molar-refractivity contribution in [3.8, 4) is 11.5 Å². The number of amidine groups is 1. The smallest absolute Gasteiger partial charge is 0.271 e. The Hall–Kier alpha value is -4.02. The van der Waals surface area contributed by atoms with Crippen molar-refractivity contribution in [2.24, 2.45) is 4.99 Å². The summed E-state index contributed by atoms with van der Waals surface area (Å²) in [6.45, 7) is 3.90. The molecule has 8 nitrogen and oxygen atoms in total. The van der Waals surface area contributed by atoms with Crippen molar-refractivity contribution in [2.45, 2.75) is 20.5 Å². The number of carbonyl (C=O) groups excluding carboxylic acids is 1. The molecule has 0 unspecified atom stereocenters. The first kappa shape index (κ1) is 31.4. The average Bonchev–Trinajstić information content (AvgIpc) is 3.29. The number of carbonyl (C=O) groups is 1.